The van der Waals surface area contributed by atoms with Gasteiger partial charge in [-0.25, -0.2) is 0 Å². The van der Waals surface area contributed by atoms with Crippen molar-refractivity contribution in [2.24, 2.45) is 5.92 Å². The van der Waals surface area contributed by atoms with Crippen LogP contribution < -0.4 is 0 Å². The standard InChI is InChI=1S/C10H18N2/c1-3-4-9(2)12-6-5-10(7-11)8-12/h9-10H,3-6,8H2,1-2H3/t9-,10+/m0/s1. The second-order valence-electron chi connectivity index (χ2n) is 3.75. The highest BCUT2D eigenvalue weighted by molar-refractivity contribution is 4.91. The molecule has 0 aromatic heterocycles. The molecule has 0 bridgehead atoms. The Labute approximate surface area is 75.2 Å². The molecule has 0 saturated carbocycles. The molecule has 1 saturated heterocycles. The number of hydrogen-bond donors (Lipinski definition) is 0. The molecule has 2 nitrogen and oxygen atoms in total. The molecule has 1 aliphatic heterocycles. The van der Waals surface area contributed by atoms with Gasteiger partial charge in [0.15, 0.2) is 0 Å². The van der Waals surface area contributed by atoms with Gasteiger partial charge in [0, 0.05) is 12.6 Å². The predicted molar refractivity (Wildman–Crippen MR) is 49.7 cm³/mol. The van der Waals surface area contributed by atoms with Crippen molar-refractivity contribution >= 4 is 0 Å². The van der Waals surface area contributed by atoms with Crippen LogP contribution in [0, 0.1) is 17.2 Å². The molecule has 0 unspecified atom stereocenters. The molecule has 0 N–H and O–H groups in total. The van der Waals surface area contributed by atoms with Crippen LogP contribution >= 0.6 is 0 Å². The molecular weight excluding hydrogens is 148 g/mol. The van der Waals surface area contributed by atoms with E-state index >= 15 is 0 Å². The number of hydrogen-bond acceptors (Lipinski definition) is 2. The SMILES string of the molecule is CCC[C@H](C)N1CC[C@H](C#N)C1. The summed E-state index contributed by atoms with van der Waals surface area (Å²) in [5.41, 5.74) is 0. The summed E-state index contributed by atoms with van der Waals surface area (Å²) in [6.07, 6.45) is 3.58. The predicted octanol–water partition coefficient (Wildman–Crippen LogP) is 2.02. The van der Waals surface area contributed by atoms with E-state index in [1.165, 1.54) is 12.8 Å². The summed E-state index contributed by atoms with van der Waals surface area (Å²) < 4.78 is 0. The molecule has 1 aliphatic rings. The van der Waals surface area contributed by atoms with Crippen molar-refractivity contribution in [2.45, 2.75) is 39.2 Å². The Kier molecular flexibility index (Phi) is 3.55. The first-order valence-electron chi connectivity index (χ1n) is 4.91. The lowest BCUT2D eigenvalue weighted by atomic mass is 10.1. The van der Waals surface area contributed by atoms with E-state index in [1.807, 2.05) is 0 Å². The minimum atomic E-state index is 0.296. The summed E-state index contributed by atoms with van der Waals surface area (Å²) in [4.78, 5) is 2.44. The molecular formula is C10H18N2. The largest absolute Gasteiger partial charge is 0.299 e. The third kappa shape index (κ3) is 2.22. The lowest BCUT2D eigenvalue weighted by Gasteiger charge is -2.22. The fourth-order valence-electron chi connectivity index (χ4n) is 1.89. The maximum absolute atomic E-state index is 8.72. The van der Waals surface area contributed by atoms with Crippen molar-refractivity contribution < 1.29 is 0 Å². The summed E-state index contributed by atoms with van der Waals surface area (Å²) in [5, 5.41) is 8.72. The van der Waals surface area contributed by atoms with Gasteiger partial charge in [0.2, 0.25) is 0 Å². The highest BCUT2D eigenvalue weighted by atomic mass is 15.2. The topological polar surface area (TPSA) is 27.0 Å². The molecule has 0 aliphatic carbocycles. The van der Waals surface area contributed by atoms with Gasteiger partial charge in [-0.15, -0.1) is 0 Å². The molecule has 0 aromatic rings. The Balaban J connectivity index is 2.31. The molecule has 0 spiro atoms. The highest BCUT2D eigenvalue weighted by Crippen LogP contribution is 2.19. The average molecular weight is 166 g/mol. The average Bonchev–Trinajstić information content (AvgIpc) is 2.52. The van der Waals surface area contributed by atoms with E-state index in [4.69, 9.17) is 5.26 Å². The first kappa shape index (κ1) is 9.54. The molecule has 1 heterocycles. The molecule has 0 amide bonds. The van der Waals surface area contributed by atoms with Crippen molar-refractivity contribution in [3.05, 3.63) is 0 Å². The van der Waals surface area contributed by atoms with Crippen molar-refractivity contribution in [1.29, 1.82) is 5.26 Å². The number of nitriles is 1. The van der Waals surface area contributed by atoms with Crippen LogP contribution in [-0.2, 0) is 0 Å². The first-order valence-corrected chi connectivity index (χ1v) is 4.91. The van der Waals surface area contributed by atoms with E-state index in [1.54, 1.807) is 0 Å². The third-order valence-corrected chi connectivity index (χ3v) is 2.73. The maximum atomic E-state index is 8.72. The fourth-order valence-corrected chi connectivity index (χ4v) is 1.89. The van der Waals surface area contributed by atoms with Crippen LogP contribution in [0.2, 0.25) is 0 Å². The summed E-state index contributed by atoms with van der Waals surface area (Å²) in [6, 6.07) is 3.02. The van der Waals surface area contributed by atoms with Gasteiger partial charge in [-0.1, -0.05) is 13.3 Å². The summed E-state index contributed by atoms with van der Waals surface area (Å²) >= 11 is 0. The van der Waals surface area contributed by atoms with Crippen molar-refractivity contribution in [1.82, 2.24) is 4.90 Å². The van der Waals surface area contributed by atoms with E-state index in [-0.39, 0.29) is 0 Å². The van der Waals surface area contributed by atoms with Gasteiger partial charge in [0.25, 0.3) is 0 Å². The normalized spacial score (nSPS) is 26.9. The Morgan fingerprint density at radius 3 is 2.92 bits per heavy atom. The zero-order valence-electron chi connectivity index (χ0n) is 8.08. The van der Waals surface area contributed by atoms with Crippen LogP contribution in [0.5, 0.6) is 0 Å². The minimum Gasteiger partial charge on any atom is -0.299 e. The summed E-state index contributed by atoms with van der Waals surface area (Å²) in [6.45, 7) is 6.61. The Hall–Kier alpha value is -0.550. The lowest BCUT2D eigenvalue weighted by molar-refractivity contribution is 0.241. The molecule has 0 aromatic carbocycles. The van der Waals surface area contributed by atoms with Gasteiger partial charge in [-0.3, -0.25) is 4.90 Å². The number of rotatable bonds is 3. The fraction of sp³-hybridized carbons (Fsp3) is 0.900. The number of nitrogens with zero attached hydrogens (tertiary/aromatic N) is 2. The lowest BCUT2D eigenvalue weighted by Crippen LogP contribution is -2.30. The van der Waals surface area contributed by atoms with Gasteiger partial charge in [0.1, 0.15) is 0 Å². The Morgan fingerprint density at radius 1 is 1.67 bits per heavy atom. The zero-order valence-corrected chi connectivity index (χ0v) is 8.08. The van der Waals surface area contributed by atoms with Crippen LogP contribution in [0.1, 0.15) is 33.1 Å². The van der Waals surface area contributed by atoms with E-state index in [0.717, 1.165) is 19.5 Å². The van der Waals surface area contributed by atoms with E-state index in [0.29, 0.717) is 12.0 Å². The minimum absolute atomic E-state index is 0.296. The molecule has 2 atom stereocenters. The van der Waals surface area contributed by atoms with E-state index in [2.05, 4.69) is 24.8 Å². The van der Waals surface area contributed by atoms with Gasteiger partial charge in [-0.05, 0) is 26.3 Å². The molecule has 1 fully saturated rings. The van der Waals surface area contributed by atoms with E-state index in [9.17, 15) is 0 Å². The van der Waals surface area contributed by atoms with E-state index < -0.39 is 0 Å². The zero-order chi connectivity index (χ0) is 8.97. The van der Waals surface area contributed by atoms with Crippen LogP contribution in [0.4, 0.5) is 0 Å². The first-order chi connectivity index (χ1) is 5.77. The monoisotopic (exact) mass is 166 g/mol. The van der Waals surface area contributed by atoms with Gasteiger partial charge in [0.05, 0.1) is 12.0 Å². The quantitative estimate of drug-likeness (QED) is 0.641. The molecule has 12 heavy (non-hydrogen) atoms. The van der Waals surface area contributed by atoms with Crippen molar-refractivity contribution in [3.63, 3.8) is 0 Å². The molecule has 1 rings (SSSR count). The second kappa shape index (κ2) is 4.47. The molecule has 2 heteroatoms. The maximum Gasteiger partial charge on any atom is 0.0669 e. The Bertz CT molecular complexity index is 171. The summed E-state index contributed by atoms with van der Waals surface area (Å²) in [7, 11) is 0. The number of likely N-dealkylation sites (tertiary alicyclic amines) is 1. The van der Waals surface area contributed by atoms with Gasteiger partial charge >= 0.3 is 0 Å². The Morgan fingerprint density at radius 2 is 2.42 bits per heavy atom. The van der Waals surface area contributed by atoms with Crippen molar-refractivity contribution in [2.75, 3.05) is 13.1 Å². The van der Waals surface area contributed by atoms with Gasteiger partial charge in [-0.2, -0.15) is 5.26 Å². The molecule has 68 valence electrons. The highest BCUT2D eigenvalue weighted by Gasteiger charge is 2.24. The van der Waals surface area contributed by atoms with Crippen molar-refractivity contribution in [3.8, 4) is 6.07 Å². The summed E-state index contributed by atoms with van der Waals surface area (Å²) in [5.74, 6) is 0.296. The van der Waals surface area contributed by atoms with Crippen LogP contribution in [0.15, 0.2) is 0 Å². The van der Waals surface area contributed by atoms with Crippen LogP contribution in [0.3, 0.4) is 0 Å². The van der Waals surface area contributed by atoms with Gasteiger partial charge < -0.3 is 0 Å². The second-order valence-corrected chi connectivity index (χ2v) is 3.75. The third-order valence-electron chi connectivity index (χ3n) is 2.73. The van der Waals surface area contributed by atoms with Crippen LogP contribution in [-0.4, -0.2) is 24.0 Å². The van der Waals surface area contributed by atoms with Crippen LogP contribution in [0.25, 0.3) is 0 Å². The smallest absolute Gasteiger partial charge is 0.0669 e. The molecule has 0 radical (unpaired) electrons.